The van der Waals surface area contributed by atoms with E-state index in [1.807, 2.05) is 61.5 Å². The fourth-order valence-electron chi connectivity index (χ4n) is 6.17. The van der Waals surface area contributed by atoms with Crippen LogP contribution in [0.2, 0.25) is 0 Å². The van der Waals surface area contributed by atoms with Gasteiger partial charge in [0.15, 0.2) is 0 Å². The molecule has 6 unspecified atom stereocenters. The van der Waals surface area contributed by atoms with E-state index in [2.05, 4.69) is 15.5 Å². The number of ether oxygens (including phenoxy) is 3. The lowest BCUT2D eigenvalue weighted by Gasteiger charge is -2.30. The van der Waals surface area contributed by atoms with E-state index in [0.717, 1.165) is 56.1 Å². The Hall–Kier alpha value is -3.18. The molecule has 1 heterocycles. The van der Waals surface area contributed by atoms with Gasteiger partial charge in [0.2, 0.25) is 5.91 Å². The summed E-state index contributed by atoms with van der Waals surface area (Å²) >= 11 is 0. The number of hydrogen-bond acceptors (Lipinski definition) is 8. The molecule has 1 saturated carbocycles. The molecule has 0 radical (unpaired) electrons. The Labute approximate surface area is 273 Å². The van der Waals surface area contributed by atoms with Gasteiger partial charge in [-0.1, -0.05) is 49.4 Å². The summed E-state index contributed by atoms with van der Waals surface area (Å²) in [4.78, 5) is 28.9. The number of rotatable bonds is 14. The Morgan fingerprint density at radius 1 is 1.00 bits per heavy atom. The average molecular weight is 640 g/mol. The van der Waals surface area contributed by atoms with E-state index < -0.39 is 35.9 Å². The Bertz CT molecular complexity index is 1200. The molecule has 2 fully saturated rings. The van der Waals surface area contributed by atoms with Crippen molar-refractivity contribution in [2.75, 3.05) is 39.5 Å². The Morgan fingerprint density at radius 2 is 1.67 bits per heavy atom. The summed E-state index contributed by atoms with van der Waals surface area (Å²) in [5, 5.41) is 28.1. The van der Waals surface area contributed by atoms with Crippen LogP contribution < -0.4 is 15.4 Å². The molecular weight excluding hydrogens is 586 g/mol. The zero-order valence-corrected chi connectivity index (χ0v) is 27.8. The zero-order valence-electron chi connectivity index (χ0n) is 27.8. The van der Waals surface area contributed by atoms with E-state index in [0.29, 0.717) is 25.9 Å². The van der Waals surface area contributed by atoms with Crippen LogP contribution in [0, 0.1) is 11.8 Å². The van der Waals surface area contributed by atoms with E-state index in [-0.39, 0.29) is 24.3 Å². The summed E-state index contributed by atoms with van der Waals surface area (Å²) in [6.07, 6.45) is 0.0596. The van der Waals surface area contributed by atoms with E-state index in [4.69, 9.17) is 14.2 Å². The molecule has 6 atom stereocenters. The van der Waals surface area contributed by atoms with Crippen molar-refractivity contribution < 1.29 is 34.0 Å². The maximum Gasteiger partial charge on any atom is 0.407 e. The van der Waals surface area contributed by atoms with Crippen molar-refractivity contribution in [1.29, 1.82) is 0 Å². The number of amides is 2. The number of nitrogens with zero attached hydrogens (tertiary/aromatic N) is 1. The molecule has 1 aliphatic heterocycles. The van der Waals surface area contributed by atoms with Crippen LogP contribution in [0.4, 0.5) is 4.79 Å². The number of nitrogens with one attached hydrogen (secondary N) is 2. The number of hydrogen-bond donors (Lipinski definition) is 4. The fraction of sp³-hybridized carbons (Fsp3) is 0.611. The molecule has 4 rings (SSSR count). The molecule has 254 valence electrons. The first-order chi connectivity index (χ1) is 22.0. The van der Waals surface area contributed by atoms with E-state index in [1.54, 1.807) is 20.8 Å². The van der Waals surface area contributed by atoms with Gasteiger partial charge in [-0.3, -0.25) is 9.69 Å². The Balaban J connectivity index is 1.46. The molecule has 2 amide bonds. The second-order valence-electron chi connectivity index (χ2n) is 13.7. The summed E-state index contributed by atoms with van der Waals surface area (Å²) in [5.41, 5.74) is 1.16. The minimum absolute atomic E-state index is 0.105. The van der Waals surface area contributed by atoms with Crippen LogP contribution in [-0.2, 0) is 27.1 Å². The molecule has 10 heteroatoms. The van der Waals surface area contributed by atoms with Gasteiger partial charge in [0.25, 0.3) is 0 Å². The topological polar surface area (TPSA) is 130 Å². The van der Waals surface area contributed by atoms with Crippen molar-refractivity contribution >= 4 is 12.0 Å². The number of benzene rings is 2. The van der Waals surface area contributed by atoms with Gasteiger partial charge in [-0.25, -0.2) is 4.79 Å². The van der Waals surface area contributed by atoms with Crippen LogP contribution in [0.5, 0.6) is 5.75 Å². The number of carbonyl (C=O) groups is 2. The summed E-state index contributed by atoms with van der Waals surface area (Å²) in [6, 6.07) is 16.3. The Kier molecular flexibility index (Phi) is 13.3. The normalized spacial score (nSPS) is 22.4. The highest BCUT2D eigenvalue weighted by Crippen LogP contribution is 2.27. The number of alkyl carbamates (subject to hydrolysis) is 1. The summed E-state index contributed by atoms with van der Waals surface area (Å²) < 4.78 is 16.9. The third-order valence-electron chi connectivity index (χ3n) is 8.80. The first-order valence-electron chi connectivity index (χ1n) is 16.7. The molecule has 2 aromatic rings. The highest BCUT2D eigenvalue weighted by Gasteiger charge is 2.36. The molecule has 2 aliphatic rings. The number of carbonyl (C=O) groups excluding carboxylic acids is 2. The maximum atomic E-state index is 13.8. The molecule has 4 N–H and O–H groups in total. The van der Waals surface area contributed by atoms with E-state index >= 15 is 0 Å². The first-order valence-corrected chi connectivity index (χ1v) is 16.7. The van der Waals surface area contributed by atoms with Crippen LogP contribution in [0.3, 0.4) is 0 Å². The van der Waals surface area contributed by atoms with Crippen molar-refractivity contribution in [2.24, 2.45) is 11.8 Å². The second kappa shape index (κ2) is 17.1. The van der Waals surface area contributed by atoms with E-state index in [9.17, 15) is 19.8 Å². The van der Waals surface area contributed by atoms with Crippen LogP contribution in [0.15, 0.2) is 54.6 Å². The molecule has 2 aromatic carbocycles. The summed E-state index contributed by atoms with van der Waals surface area (Å²) in [7, 11) is 0. The lowest BCUT2D eigenvalue weighted by molar-refractivity contribution is -0.127. The van der Waals surface area contributed by atoms with Crippen molar-refractivity contribution in [1.82, 2.24) is 15.5 Å². The summed E-state index contributed by atoms with van der Waals surface area (Å²) in [5.74, 6) is 0.0729. The predicted molar refractivity (Wildman–Crippen MR) is 177 cm³/mol. The van der Waals surface area contributed by atoms with Crippen LogP contribution >= 0.6 is 0 Å². The third-order valence-corrected chi connectivity index (χ3v) is 8.80. The quantitative estimate of drug-likeness (QED) is 0.246. The van der Waals surface area contributed by atoms with Crippen molar-refractivity contribution in [3.63, 3.8) is 0 Å². The number of aliphatic hydroxyl groups excluding tert-OH is 2. The maximum absolute atomic E-state index is 13.8. The van der Waals surface area contributed by atoms with Crippen LogP contribution in [0.1, 0.15) is 58.1 Å². The minimum Gasteiger partial charge on any atom is -0.492 e. The molecule has 0 bridgehead atoms. The third kappa shape index (κ3) is 11.6. The van der Waals surface area contributed by atoms with Gasteiger partial charge in [-0.2, -0.15) is 0 Å². The SMILES string of the molecule is CC1CCC(O)C1NC(=O)C(Cc1ccc(OCCN2CCOCC2)cc1)CC(O)C(Cc1ccccc1)NC(=O)OC(C)(C)C. The molecule has 1 aliphatic carbocycles. The number of morpholine rings is 1. The fourth-order valence-corrected chi connectivity index (χ4v) is 6.17. The van der Waals surface area contributed by atoms with E-state index in [1.165, 1.54) is 0 Å². The van der Waals surface area contributed by atoms with Gasteiger partial charge in [0, 0.05) is 25.6 Å². The zero-order chi connectivity index (χ0) is 33.1. The van der Waals surface area contributed by atoms with Gasteiger partial charge in [-0.15, -0.1) is 0 Å². The van der Waals surface area contributed by atoms with Crippen LogP contribution in [-0.4, -0.2) is 96.5 Å². The lowest BCUT2D eigenvalue weighted by atomic mass is 9.88. The van der Waals surface area contributed by atoms with Crippen molar-refractivity contribution in [3.05, 3.63) is 65.7 Å². The molecular formula is C36H53N3O7. The smallest absolute Gasteiger partial charge is 0.407 e. The summed E-state index contributed by atoms with van der Waals surface area (Å²) in [6.45, 7) is 12.1. The standard InChI is InChI=1S/C36H53N3O7/c1-25-10-15-31(40)33(25)38-34(42)28(22-27-11-13-29(14-12-27)45-21-18-39-16-19-44-20-17-39)24-32(41)30(23-26-8-6-5-7-9-26)37-35(43)46-36(2,3)4/h5-9,11-14,25,28,30-33,40-41H,10,15-24H2,1-4H3,(H,37,43)(H,38,42). The highest BCUT2D eigenvalue weighted by atomic mass is 16.6. The Morgan fingerprint density at radius 3 is 2.30 bits per heavy atom. The molecule has 46 heavy (non-hydrogen) atoms. The van der Waals surface area contributed by atoms with Gasteiger partial charge < -0.3 is 35.1 Å². The molecule has 0 spiro atoms. The average Bonchev–Trinajstić information content (AvgIpc) is 3.33. The first kappa shape index (κ1) is 35.7. The van der Waals surface area contributed by atoms with Gasteiger partial charge in [0.05, 0.1) is 37.5 Å². The molecule has 0 aromatic heterocycles. The van der Waals surface area contributed by atoms with Gasteiger partial charge in [-0.05, 0) is 82.1 Å². The van der Waals surface area contributed by atoms with Gasteiger partial charge in [0.1, 0.15) is 18.0 Å². The lowest BCUT2D eigenvalue weighted by Crippen LogP contribution is -2.50. The van der Waals surface area contributed by atoms with Crippen molar-refractivity contribution in [2.45, 2.75) is 89.7 Å². The minimum atomic E-state index is -1.04. The second-order valence-corrected chi connectivity index (χ2v) is 13.7. The largest absolute Gasteiger partial charge is 0.492 e. The molecule has 1 saturated heterocycles. The monoisotopic (exact) mass is 639 g/mol. The van der Waals surface area contributed by atoms with Gasteiger partial charge >= 0.3 is 6.09 Å². The molecule has 10 nitrogen and oxygen atoms in total. The van der Waals surface area contributed by atoms with Crippen LogP contribution in [0.25, 0.3) is 0 Å². The predicted octanol–water partition coefficient (Wildman–Crippen LogP) is 3.72. The van der Waals surface area contributed by atoms with Crippen molar-refractivity contribution in [3.8, 4) is 5.75 Å². The number of aliphatic hydroxyl groups is 2. The highest BCUT2D eigenvalue weighted by molar-refractivity contribution is 5.79.